The van der Waals surface area contributed by atoms with Gasteiger partial charge in [-0.2, -0.15) is 21.6 Å². The van der Waals surface area contributed by atoms with Crippen LogP contribution in [0.25, 0.3) is 0 Å². The summed E-state index contributed by atoms with van der Waals surface area (Å²) in [6.45, 7) is 0.0410. The van der Waals surface area contributed by atoms with Crippen LogP contribution in [0.5, 0.6) is 0 Å². The van der Waals surface area contributed by atoms with Crippen molar-refractivity contribution in [2.75, 3.05) is 6.61 Å². The predicted molar refractivity (Wildman–Crippen MR) is 70.1 cm³/mol. The lowest BCUT2D eigenvalue weighted by atomic mass is 10.2. The topological polar surface area (TPSA) is 78.9 Å². The molecule has 6 nitrogen and oxygen atoms in total. The van der Waals surface area contributed by atoms with Gasteiger partial charge in [-0.05, 0) is 5.56 Å². The van der Waals surface area contributed by atoms with Gasteiger partial charge in [-0.1, -0.05) is 30.3 Å². The van der Waals surface area contributed by atoms with Crippen LogP contribution in [0.2, 0.25) is 0 Å². The summed E-state index contributed by atoms with van der Waals surface area (Å²) in [5.41, 5.74) is -4.78. The van der Waals surface area contributed by atoms with Crippen LogP contribution in [0.3, 0.4) is 0 Å². The fraction of sp³-hybridized carbons (Fsp3) is 0.308. The van der Waals surface area contributed by atoms with Gasteiger partial charge >= 0.3 is 21.6 Å². The van der Waals surface area contributed by atoms with E-state index in [1.54, 1.807) is 24.3 Å². The lowest BCUT2D eigenvalue weighted by Crippen LogP contribution is -2.26. The van der Waals surface area contributed by atoms with Crippen LogP contribution in [0, 0.1) is 0 Å². The molecule has 0 fully saturated rings. The van der Waals surface area contributed by atoms with Crippen LogP contribution in [0.4, 0.5) is 13.2 Å². The summed E-state index contributed by atoms with van der Waals surface area (Å²) in [5, 5.41) is 0. The lowest BCUT2D eigenvalue weighted by Gasteiger charge is -2.08. The molecule has 0 spiro atoms. The number of ether oxygens (including phenoxy) is 2. The molecule has 0 unspecified atom stereocenters. The van der Waals surface area contributed by atoms with Gasteiger partial charge in [-0.25, -0.2) is 4.79 Å². The normalized spacial score (nSPS) is 18.5. The van der Waals surface area contributed by atoms with E-state index in [-0.39, 0.29) is 13.2 Å². The highest BCUT2D eigenvalue weighted by atomic mass is 32.2. The molecule has 1 aromatic rings. The van der Waals surface area contributed by atoms with Crippen LogP contribution >= 0.6 is 0 Å². The second-order valence-electron chi connectivity index (χ2n) is 4.46. The van der Waals surface area contributed by atoms with E-state index in [0.717, 1.165) is 11.6 Å². The second-order valence-corrected chi connectivity index (χ2v) is 6.00. The molecule has 10 heteroatoms. The Hall–Kier alpha value is -2.07. The van der Waals surface area contributed by atoms with Crippen LogP contribution in [-0.2, 0) is 35.2 Å². The molecule has 23 heavy (non-hydrogen) atoms. The molecule has 1 aliphatic heterocycles. The van der Waals surface area contributed by atoms with Crippen molar-refractivity contribution in [1.82, 2.24) is 0 Å². The van der Waals surface area contributed by atoms with Crippen LogP contribution in [-0.4, -0.2) is 32.6 Å². The summed E-state index contributed by atoms with van der Waals surface area (Å²) in [7, 11) is -5.91. The van der Waals surface area contributed by atoms with E-state index >= 15 is 0 Å². The highest BCUT2D eigenvalue weighted by molar-refractivity contribution is 7.87. The highest BCUT2D eigenvalue weighted by Gasteiger charge is 2.50. The Bertz CT molecular complexity index is 696. The number of carbonyl (C=O) groups excluding carboxylic acids is 1. The van der Waals surface area contributed by atoms with Gasteiger partial charge in [0.25, 0.3) is 0 Å². The summed E-state index contributed by atoms with van der Waals surface area (Å²) in [4.78, 5) is 11.3. The number of rotatable bonds is 6. The Morgan fingerprint density at radius 1 is 1.17 bits per heavy atom. The Morgan fingerprint density at radius 2 is 1.83 bits per heavy atom. The summed E-state index contributed by atoms with van der Waals surface area (Å²) in [6.07, 6.45) is -0.193. The molecule has 0 saturated heterocycles. The maximum atomic E-state index is 12.2. The highest BCUT2D eigenvalue weighted by Crippen LogP contribution is 2.28. The SMILES string of the molecule is O=C1O[C@H](COCc2ccccc2)C=C1OS(=O)(=O)C(F)(F)F. The van der Waals surface area contributed by atoms with E-state index < -0.39 is 33.5 Å². The van der Waals surface area contributed by atoms with Crippen molar-refractivity contribution < 1.29 is 40.0 Å². The summed E-state index contributed by atoms with van der Waals surface area (Å²) in [5.74, 6) is -2.33. The molecule has 0 bridgehead atoms. The Labute approximate surface area is 129 Å². The molecule has 0 aromatic heterocycles. The molecule has 126 valence electrons. The van der Waals surface area contributed by atoms with E-state index in [4.69, 9.17) is 4.74 Å². The summed E-state index contributed by atoms with van der Waals surface area (Å²) < 4.78 is 71.9. The van der Waals surface area contributed by atoms with Crippen molar-refractivity contribution in [2.24, 2.45) is 0 Å². The van der Waals surface area contributed by atoms with Crippen LogP contribution in [0.15, 0.2) is 42.2 Å². The molecule has 0 amide bonds. The quantitative estimate of drug-likeness (QED) is 0.442. The van der Waals surface area contributed by atoms with Gasteiger partial charge in [-0.15, -0.1) is 0 Å². The Morgan fingerprint density at radius 3 is 2.43 bits per heavy atom. The summed E-state index contributed by atoms with van der Waals surface area (Å²) >= 11 is 0. The van der Waals surface area contributed by atoms with Gasteiger partial charge in [-0.3, -0.25) is 0 Å². The van der Waals surface area contributed by atoms with Crippen molar-refractivity contribution in [3.63, 3.8) is 0 Å². The zero-order valence-corrected chi connectivity index (χ0v) is 12.3. The monoisotopic (exact) mass is 352 g/mol. The van der Waals surface area contributed by atoms with Crippen LogP contribution < -0.4 is 0 Å². The predicted octanol–water partition coefficient (Wildman–Crippen LogP) is 1.88. The third-order valence-corrected chi connectivity index (χ3v) is 3.64. The fourth-order valence-corrected chi connectivity index (χ4v) is 2.10. The first-order valence-electron chi connectivity index (χ1n) is 6.24. The first kappa shape index (κ1) is 17.3. The van der Waals surface area contributed by atoms with Gasteiger partial charge in [0, 0.05) is 6.08 Å². The van der Waals surface area contributed by atoms with Gasteiger partial charge in [0.1, 0.15) is 6.10 Å². The maximum absolute atomic E-state index is 12.2. The number of halogens is 3. The maximum Gasteiger partial charge on any atom is 0.534 e. The standard InChI is InChI=1S/C13H11F3O6S/c14-13(15,16)23(18,19)22-11-6-10(21-12(11)17)8-20-7-9-4-2-1-3-5-9/h1-6,10H,7-8H2/t10-/m0/s1. The number of benzene rings is 1. The average Bonchev–Trinajstić information content (AvgIpc) is 2.78. The van der Waals surface area contributed by atoms with E-state index in [9.17, 15) is 26.4 Å². The van der Waals surface area contributed by atoms with Gasteiger partial charge < -0.3 is 13.7 Å². The molecular weight excluding hydrogens is 341 g/mol. The average molecular weight is 352 g/mol. The number of esters is 1. The molecule has 0 aliphatic carbocycles. The number of cyclic esters (lactones) is 1. The van der Waals surface area contributed by atoms with Crippen molar-refractivity contribution in [3.8, 4) is 0 Å². The van der Waals surface area contributed by atoms with Gasteiger partial charge in [0.2, 0.25) is 5.76 Å². The van der Waals surface area contributed by atoms with Crippen LogP contribution in [0.1, 0.15) is 5.56 Å². The van der Waals surface area contributed by atoms with Gasteiger partial charge in [0.15, 0.2) is 0 Å². The third kappa shape index (κ3) is 4.45. The smallest absolute Gasteiger partial charge is 0.450 e. The van der Waals surface area contributed by atoms with Crippen molar-refractivity contribution >= 4 is 16.1 Å². The van der Waals surface area contributed by atoms with Crippen molar-refractivity contribution in [3.05, 3.63) is 47.7 Å². The minimum Gasteiger partial charge on any atom is -0.450 e. The molecule has 0 saturated carbocycles. The van der Waals surface area contributed by atoms with Crippen molar-refractivity contribution in [2.45, 2.75) is 18.2 Å². The molecular formula is C13H11F3O6S. The molecule has 1 heterocycles. The number of carbonyl (C=O) groups is 1. The molecule has 1 aromatic carbocycles. The van der Waals surface area contributed by atoms with Crippen molar-refractivity contribution in [1.29, 1.82) is 0 Å². The molecule has 0 radical (unpaired) electrons. The fourth-order valence-electron chi connectivity index (χ4n) is 1.64. The van der Waals surface area contributed by atoms with E-state index in [1.807, 2.05) is 6.07 Å². The van der Waals surface area contributed by atoms with E-state index in [2.05, 4.69) is 8.92 Å². The molecule has 0 N–H and O–H groups in total. The minimum atomic E-state index is -5.91. The third-order valence-electron chi connectivity index (χ3n) is 2.67. The zero-order chi connectivity index (χ0) is 17.1. The first-order valence-corrected chi connectivity index (χ1v) is 7.65. The number of hydrogen-bond donors (Lipinski definition) is 0. The number of hydrogen-bond acceptors (Lipinski definition) is 6. The Kier molecular flexibility index (Phi) is 4.95. The largest absolute Gasteiger partial charge is 0.534 e. The second kappa shape index (κ2) is 6.59. The number of alkyl halides is 3. The molecule has 1 aliphatic rings. The zero-order valence-electron chi connectivity index (χ0n) is 11.4. The first-order chi connectivity index (χ1) is 10.7. The van der Waals surface area contributed by atoms with Gasteiger partial charge in [0.05, 0.1) is 13.2 Å². The van der Waals surface area contributed by atoms with E-state index in [0.29, 0.717) is 0 Å². The molecule has 1 atom stereocenters. The summed E-state index contributed by atoms with van der Waals surface area (Å²) in [6, 6.07) is 8.99. The van der Waals surface area contributed by atoms with E-state index in [1.165, 1.54) is 0 Å². The minimum absolute atomic E-state index is 0.153. The lowest BCUT2D eigenvalue weighted by molar-refractivity contribution is -0.143. The Balaban J connectivity index is 1.91. The molecule has 2 rings (SSSR count).